The molecule has 0 bridgehead atoms. The lowest BCUT2D eigenvalue weighted by atomic mass is 10.3. The van der Waals surface area contributed by atoms with Gasteiger partial charge in [0.05, 0.1) is 10.0 Å². The van der Waals surface area contributed by atoms with Gasteiger partial charge >= 0.3 is 12.1 Å². The standard InChI is InChI=1S/C18H26Cl2N4O2S/c1-4-6-10-24(11-7-5-2)18(26)23-17(27-3)22-16(25)21-13-8-9-14(19)15(20)12-13/h8-9,12H,4-7,10-11H2,1-3H3,(H2,21,22,23,25,26). The second kappa shape index (κ2) is 12.9. The number of amidine groups is 1. The van der Waals surface area contributed by atoms with Gasteiger partial charge in [-0.05, 0) is 37.3 Å². The van der Waals surface area contributed by atoms with E-state index in [1.807, 2.05) is 0 Å². The number of unbranched alkanes of at least 4 members (excludes halogenated alkanes) is 2. The molecule has 27 heavy (non-hydrogen) atoms. The molecule has 0 saturated carbocycles. The number of carbonyl (C=O) groups is 2. The van der Waals surface area contributed by atoms with Crippen LogP contribution in [-0.4, -0.2) is 41.5 Å². The summed E-state index contributed by atoms with van der Waals surface area (Å²) in [5, 5.41) is 6.19. The first-order valence-corrected chi connectivity index (χ1v) is 10.8. The number of aliphatic imine (C=N–C) groups is 1. The van der Waals surface area contributed by atoms with Crippen LogP contribution in [0.4, 0.5) is 15.3 Å². The van der Waals surface area contributed by atoms with E-state index >= 15 is 0 Å². The lowest BCUT2D eigenvalue weighted by Gasteiger charge is -2.20. The summed E-state index contributed by atoms with van der Waals surface area (Å²) in [5.41, 5.74) is 0.487. The van der Waals surface area contributed by atoms with Crippen LogP contribution >= 0.6 is 35.0 Å². The first-order valence-electron chi connectivity index (χ1n) is 8.85. The molecule has 0 heterocycles. The highest BCUT2D eigenvalue weighted by molar-refractivity contribution is 8.13. The zero-order valence-electron chi connectivity index (χ0n) is 15.8. The monoisotopic (exact) mass is 432 g/mol. The zero-order valence-corrected chi connectivity index (χ0v) is 18.2. The highest BCUT2D eigenvalue weighted by atomic mass is 35.5. The summed E-state index contributed by atoms with van der Waals surface area (Å²) in [6.45, 7) is 5.48. The minimum atomic E-state index is -0.511. The van der Waals surface area contributed by atoms with E-state index in [2.05, 4.69) is 29.5 Å². The number of hydrogen-bond acceptors (Lipinski definition) is 3. The molecule has 1 rings (SSSR count). The molecule has 9 heteroatoms. The molecule has 0 fully saturated rings. The summed E-state index contributed by atoms with van der Waals surface area (Å²) in [7, 11) is 0. The summed E-state index contributed by atoms with van der Waals surface area (Å²) in [6, 6.07) is 3.92. The second-order valence-electron chi connectivity index (χ2n) is 5.81. The lowest BCUT2D eigenvalue weighted by molar-refractivity contribution is 0.206. The Bertz CT molecular complexity index is 663. The van der Waals surface area contributed by atoms with E-state index in [-0.39, 0.29) is 11.2 Å². The molecule has 0 aliphatic rings. The quantitative estimate of drug-likeness (QED) is 0.418. The van der Waals surface area contributed by atoms with Gasteiger partial charge in [-0.2, -0.15) is 4.99 Å². The molecule has 1 aromatic rings. The van der Waals surface area contributed by atoms with Crippen molar-refractivity contribution in [1.29, 1.82) is 0 Å². The van der Waals surface area contributed by atoms with E-state index in [0.29, 0.717) is 28.8 Å². The first-order chi connectivity index (χ1) is 12.9. The Morgan fingerprint density at radius 2 is 1.74 bits per heavy atom. The third-order valence-corrected chi connectivity index (χ3v) is 4.94. The van der Waals surface area contributed by atoms with E-state index in [1.165, 1.54) is 11.8 Å². The fourth-order valence-electron chi connectivity index (χ4n) is 2.12. The first kappa shape index (κ1) is 23.6. The second-order valence-corrected chi connectivity index (χ2v) is 7.42. The van der Waals surface area contributed by atoms with Crippen molar-refractivity contribution in [2.24, 2.45) is 4.99 Å². The fraction of sp³-hybridized carbons (Fsp3) is 0.500. The van der Waals surface area contributed by atoms with Crippen LogP contribution in [0.3, 0.4) is 0 Å². The van der Waals surface area contributed by atoms with E-state index in [1.54, 1.807) is 29.4 Å². The molecule has 2 N–H and O–H groups in total. The summed E-state index contributed by atoms with van der Waals surface area (Å²) >= 11 is 13.0. The normalized spacial score (nSPS) is 11.2. The van der Waals surface area contributed by atoms with Gasteiger partial charge < -0.3 is 10.2 Å². The highest BCUT2D eigenvalue weighted by Gasteiger charge is 2.14. The van der Waals surface area contributed by atoms with Crippen molar-refractivity contribution >= 4 is 57.9 Å². The van der Waals surface area contributed by atoms with Crippen LogP contribution in [-0.2, 0) is 0 Å². The number of thioether (sulfide) groups is 1. The Balaban J connectivity index is 2.73. The van der Waals surface area contributed by atoms with Gasteiger partial charge in [-0.25, -0.2) is 9.59 Å². The van der Waals surface area contributed by atoms with Gasteiger partial charge in [-0.3, -0.25) is 5.32 Å². The number of nitrogens with one attached hydrogen (secondary N) is 2. The predicted molar refractivity (Wildman–Crippen MR) is 116 cm³/mol. The summed E-state index contributed by atoms with van der Waals surface area (Å²) < 4.78 is 0. The number of urea groups is 2. The molecule has 0 spiro atoms. The number of hydrogen-bond donors (Lipinski definition) is 2. The average Bonchev–Trinajstić information content (AvgIpc) is 2.64. The summed E-state index contributed by atoms with van der Waals surface area (Å²) in [5.74, 6) is 0. The van der Waals surface area contributed by atoms with Crippen molar-refractivity contribution in [3.63, 3.8) is 0 Å². The number of rotatable bonds is 7. The number of amides is 4. The van der Waals surface area contributed by atoms with Crippen molar-refractivity contribution in [1.82, 2.24) is 10.2 Å². The number of nitrogens with zero attached hydrogens (tertiary/aromatic N) is 2. The van der Waals surface area contributed by atoms with Gasteiger partial charge in [-0.15, -0.1) is 0 Å². The molecular weight excluding hydrogens is 407 g/mol. The van der Waals surface area contributed by atoms with Gasteiger partial charge in [-0.1, -0.05) is 61.7 Å². The summed E-state index contributed by atoms with van der Waals surface area (Å²) in [6.07, 6.45) is 5.59. The topological polar surface area (TPSA) is 73.8 Å². The lowest BCUT2D eigenvalue weighted by Crippen LogP contribution is -2.36. The van der Waals surface area contributed by atoms with Crippen molar-refractivity contribution < 1.29 is 9.59 Å². The van der Waals surface area contributed by atoms with Gasteiger partial charge in [0, 0.05) is 18.8 Å². The fourth-order valence-corrected chi connectivity index (χ4v) is 2.78. The van der Waals surface area contributed by atoms with E-state index < -0.39 is 6.03 Å². The molecule has 0 unspecified atom stereocenters. The molecule has 0 aromatic heterocycles. The molecule has 0 aliphatic heterocycles. The third kappa shape index (κ3) is 8.86. The maximum absolute atomic E-state index is 12.5. The minimum Gasteiger partial charge on any atom is -0.323 e. The van der Waals surface area contributed by atoms with Gasteiger partial charge in [0.1, 0.15) is 0 Å². The Morgan fingerprint density at radius 3 is 2.26 bits per heavy atom. The van der Waals surface area contributed by atoms with Crippen LogP contribution in [0.15, 0.2) is 23.2 Å². The van der Waals surface area contributed by atoms with Crippen molar-refractivity contribution in [2.75, 3.05) is 24.7 Å². The van der Waals surface area contributed by atoms with Gasteiger partial charge in [0.15, 0.2) is 5.17 Å². The van der Waals surface area contributed by atoms with Crippen LogP contribution in [0.2, 0.25) is 10.0 Å². The van der Waals surface area contributed by atoms with Gasteiger partial charge in [0.2, 0.25) is 0 Å². The Hall–Kier alpha value is -1.44. The Labute approximate surface area is 175 Å². The minimum absolute atomic E-state index is 0.232. The molecule has 6 nitrogen and oxygen atoms in total. The number of halogens is 2. The van der Waals surface area contributed by atoms with Crippen LogP contribution in [0.25, 0.3) is 0 Å². The zero-order chi connectivity index (χ0) is 20.2. The Kier molecular flexibility index (Phi) is 11.2. The SMILES string of the molecule is CCCCN(CCCC)C(=O)N=C(NC(=O)Nc1ccc(Cl)c(Cl)c1)SC. The average molecular weight is 433 g/mol. The van der Waals surface area contributed by atoms with Crippen LogP contribution < -0.4 is 10.6 Å². The maximum Gasteiger partial charge on any atom is 0.345 e. The largest absolute Gasteiger partial charge is 0.345 e. The maximum atomic E-state index is 12.5. The number of benzene rings is 1. The van der Waals surface area contributed by atoms with Crippen LogP contribution in [0.5, 0.6) is 0 Å². The van der Waals surface area contributed by atoms with E-state index in [4.69, 9.17) is 23.2 Å². The van der Waals surface area contributed by atoms with Crippen molar-refractivity contribution in [3.05, 3.63) is 28.2 Å². The highest BCUT2D eigenvalue weighted by Crippen LogP contribution is 2.24. The molecule has 0 aliphatic carbocycles. The molecule has 0 saturated heterocycles. The Morgan fingerprint density at radius 1 is 1.11 bits per heavy atom. The smallest absolute Gasteiger partial charge is 0.323 e. The van der Waals surface area contributed by atoms with Crippen LogP contribution in [0.1, 0.15) is 39.5 Å². The summed E-state index contributed by atoms with van der Waals surface area (Å²) in [4.78, 5) is 30.4. The molecular formula is C18H26Cl2N4O2S. The molecule has 1 aromatic carbocycles. The molecule has 150 valence electrons. The molecule has 0 atom stereocenters. The van der Waals surface area contributed by atoms with Crippen molar-refractivity contribution in [2.45, 2.75) is 39.5 Å². The predicted octanol–water partition coefficient (Wildman–Crippen LogP) is 5.86. The van der Waals surface area contributed by atoms with Crippen molar-refractivity contribution in [3.8, 4) is 0 Å². The van der Waals surface area contributed by atoms with Crippen LogP contribution in [0, 0.1) is 0 Å². The van der Waals surface area contributed by atoms with E-state index in [9.17, 15) is 9.59 Å². The number of anilines is 1. The third-order valence-electron chi connectivity index (χ3n) is 3.62. The van der Waals surface area contributed by atoms with E-state index in [0.717, 1.165) is 25.7 Å². The van der Waals surface area contributed by atoms with Gasteiger partial charge in [0.25, 0.3) is 0 Å². The number of carbonyl (C=O) groups excluding carboxylic acids is 2. The molecule has 4 amide bonds. The molecule has 0 radical (unpaired) electrons.